The molecule has 1 aliphatic rings. The van der Waals surface area contributed by atoms with Crippen LogP contribution in [0.15, 0.2) is 30.3 Å². The monoisotopic (exact) mass is 249 g/mol. The third kappa shape index (κ3) is 4.00. The van der Waals surface area contributed by atoms with E-state index >= 15 is 0 Å². The van der Waals surface area contributed by atoms with Crippen molar-refractivity contribution < 1.29 is 9.84 Å². The fourth-order valence-electron chi connectivity index (χ4n) is 2.42. The van der Waals surface area contributed by atoms with Gasteiger partial charge in [0.2, 0.25) is 0 Å². The van der Waals surface area contributed by atoms with Gasteiger partial charge in [0.15, 0.2) is 0 Å². The fourth-order valence-corrected chi connectivity index (χ4v) is 2.42. The SMILES string of the molecule is OCCCN(CC1CCCCO1)c1ccccc1. The fraction of sp³-hybridized carbons (Fsp3) is 0.600. The average molecular weight is 249 g/mol. The molecule has 2 rings (SSSR count). The highest BCUT2D eigenvalue weighted by Gasteiger charge is 2.17. The van der Waals surface area contributed by atoms with Crippen LogP contribution in [0.5, 0.6) is 0 Å². The van der Waals surface area contributed by atoms with Crippen LogP contribution in [-0.4, -0.2) is 37.5 Å². The standard InChI is InChI=1S/C15H23NO2/c17-11-6-10-16(14-7-2-1-3-8-14)13-15-9-4-5-12-18-15/h1-3,7-8,15,17H,4-6,9-13H2. The minimum absolute atomic E-state index is 0.245. The van der Waals surface area contributed by atoms with Gasteiger partial charge < -0.3 is 14.7 Å². The van der Waals surface area contributed by atoms with Gasteiger partial charge in [-0.05, 0) is 37.8 Å². The summed E-state index contributed by atoms with van der Waals surface area (Å²) >= 11 is 0. The number of hydrogen-bond donors (Lipinski definition) is 1. The molecule has 1 aromatic rings. The van der Waals surface area contributed by atoms with Crippen LogP contribution in [0.3, 0.4) is 0 Å². The lowest BCUT2D eigenvalue weighted by Gasteiger charge is -2.31. The molecule has 0 radical (unpaired) electrons. The summed E-state index contributed by atoms with van der Waals surface area (Å²) in [6.07, 6.45) is 4.77. The normalized spacial score (nSPS) is 19.7. The molecule has 1 N–H and O–H groups in total. The van der Waals surface area contributed by atoms with E-state index in [1.165, 1.54) is 18.5 Å². The number of anilines is 1. The Balaban J connectivity index is 1.95. The van der Waals surface area contributed by atoms with Crippen LogP contribution in [0.2, 0.25) is 0 Å². The van der Waals surface area contributed by atoms with Crippen molar-refractivity contribution in [2.75, 3.05) is 31.2 Å². The van der Waals surface area contributed by atoms with Gasteiger partial charge in [0.05, 0.1) is 6.10 Å². The Kier molecular flexibility index (Phi) is 5.49. The molecule has 0 aromatic heterocycles. The minimum Gasteiger partial charge on any atom is -0.396 e. The van der Waals surface area contributed by atoms with Gasteiger partial charge in [-0.2, -0.15) is 0 Å². The van der Waals surface area contributed by atoms with Crippen molar-refractivity contribution in [1.82, 2.24) is 0 Å². The first-order valence-corrected chi connectivity index (χ1v) is 6.92. The van der Waals surface area contributed by atoms with E-state index in [0.29, 0.717) is 6.10 Å². The molecule has 0 aliphatic carbocycles. The second-order valence-corrected chi connectivity index (χ2v) is 4.85. The van der Waals surface area contributed by atoms with E-state index in [-0.39, 0.29) is 6.61 Å². The molecule has 100 valence electrons. The predicted molar refractivity (Wildman–Crippen MR) is 73.9 cm³/mol. The van der Waals surface area contributed by atoms with Crippen LogP contribution in [0.1, 0.15) is 25.7 Å². The van der Waals surface area contributed by atoms with Crippen LogP contribution in [0, 0.1) is 0 Å². The third-order valence-corrected chi connectivity index (χ3v) is 3.41. The summed E-state index contributed by atoms with van der Waals surface area (Å²) in [5, 5.41) is 9.01. The van der Waals surface area contributed by atoms with Crippen molar-refractivity contribution in [3.63, 3.8) is 0 Å². The number of rotatable bonds is 6. The molecule has 1 atom stereocenters. The third-order valence-electron chi connectivity index (χ3n) is 3.41. The lowest BCUT2D eigenvalue weighted by Crippen LogP contribution is -2.36. The first kappa shape index (κ1) is 13.4. The summed E-state index contributed by atoms with van der Waals surface area (Å²) < 4.78 is 5.81. The van der Waals surface area contributed by atoms with E-state index in [9.17, 15) is 0 Å². The molecule has 3 nitrogen and oxygen atoms in total. The molecular formula is C15H23NO2. The second-order valence-electron chi connectivity index (χ2n) is 4.85. The van der Waals surface area contributed by atoms with E-state index in [1.807, 2.05) is 6.07 Å². The van der Waals surface area contributed by atoms with Crippen molar-refractivity contribution in [1.29, 1.82) is 0 Å². The molecule has 3 heteroatoms. The van der Waals surface area contributed by atoms with Gasteiger partial charge >= 0.3 is 0 Å². The van der Waals surface area contributed by atoms with Gasteiger partial charge in [-0.3, -0.25) is 0 Å². The average Bonchev–Trinajstić information content (AvgIpc) is 2.45. The Morgan fingerprint density at radius 2 is 2.06 bits per heavy atom. The molecule has 1 saturated heterocycles. The van der Waals surface area contributed by atoms with Gasteiger partial charge in [0, 0.05) is 32.0 Å². The zero-order valence-corrected chi connectivity index (χ0v) is 10.9. The van der Waals surface area contributed by atoms with Crippen molar-refractivity contribution in [2.45, 2.75) is 31.8 Å². The highest BCUT2D eigenvalue weighted by atomic mass is 16.5. The Morgan fingerprint density at radius 3 is 2.72 bits per heavy atom. The highest BCUT2D eigenvalue weighted by molar-refractivity contribution is 5.46. The Morgan fingerprint density at radius 1 is 1.22 bits per heavy atom. The summed E-state index contributed by atoms with van der Waals surface area (Å²) in [7, 11) is 0. The van der Waals surface area contributed by atoms with Gasteiger partial charge in [-0.1, -0.05) is 18.2 Å². The van der Waals surface area contributed by atoms with Gasteiger partial charge in [-0.25, -0.2) is 0 Å². The summed E-state index contributed by atoms with van der Waals surface area (Å²) in [4.78, 5) is 2.33. The number of aliphatic hydroxyl groups is 1. The lowest BCUT2D eigenvalue weighted by molar-refractivity contribution is 0.0208. The molecule has 1 unspecified atom stereocenters. The van der Waals surface area contributed by atoms with Crippen molar-refractivity contribution >= 4 is 5.69 Å². The van der Waals surface area contributed by atoms with E-state index in [4.69, 9.17) is 9.84 Å². The number of aliphatic hydroxyl groups excluding tert-OH is 1. The van der Waals surface area contributed by atoms with Crippen molar-refractivity contribution in [3.05, 3.63) is 30.3 Å². The minimum atomic E-state index is 0.245. The highest BCUT2D eigenvalue weighted by Crippen LogP contribution is 2.19. The van der Waals surface area contributed by atoms with E-state index < -0.39 is 0 Å². The number of para-hydroxylation sites is 1. The van der Waals surface area contributed by atoms with E-state index in [0.717, 1.165) is 32.5 Å². The zero-order chi connectivity index (χ0) is 12.6. The molecule has 1 aliphatic heterocycles. The number of nitrogens with zero attached hydrogens (tertiary/aromatic N) is 1. The number of ether oxygens (including phenoxy) is 1. The first-order valence-electron chi connectivity index (χ1n) is 6.92. The molecule has 0 bridgehead atoms. The van der Waals surface area contributed by atoms with Crippen LogP contribution >= 0.6 is 0 Å². The summed E-state index contributed by atoms with van der Waals surface area (Å²) in [6, 6.07) is 10.4. The smallest absolute Gasteiger partial charge is 0.0749 e. The van der Waals surface area contributed by atoms with E-state index in [1.54, 1.807) is 0 Å². The van der Waals surface area contributed by atoms with Crippen LogP contribution < -0.4 is 4.90 Å². The van der Waals surface area contributed by atoms with Crippen LogP contribution in [0.25, 0.3) is 0 Å². The van der Waals surface area contributed by atoms with Crippen LogP contribution in [0.4, 0.5) is 5.69 Å². The molecule has 1 aromatic carbocycles. The summed E-state index contributed by atoms with van der Waals surface area (Å²) in [5.74, 6) is 0. The van der Waals surface area contributed by atoms with Gasteiger partial charge in [-0.15, -0.1) is 0 Å². The Hall–Kier alpha value is -1.06. The lowest BCUT2D eigenvalue weighted by atomic mass is 10.1. The molecule has 18 heavy (non-hydrogen) atoms. The maximum absolute atomic E-state index is 9.01. The Labute approximate surface area is 109 Å². The van der Waals surface area contributed by atoms with Gasteiger partial charge in [0.25, 0.3) is 0 Å². The summed E-state index contributed by atoms with van der Waals surface area (Å²) in [5.41, 5.74) is 1.22. The van der Waals surface area contributed by atoms with E-state index in [2.05, 4.69) is 29.2 Å². The zero-order valence-electron chi connectivity index (χ0n) is 10.9. The van der Waals surface area contributed by atoms with Gasteiger partial charge in [0.1, 0.15) is 0 Å². The van der Waals surface area contributed by atoms with Crippen molar-refractivity contribution in [2.24, 2.45) is 0 Å². The maximum atomic E-state index is 9.01. The Bertz CT molecular complexity index is 323. The maximum Gasteiger partial charge on any atom is 0.0749 e. The number of hydrogen-bond acceptors (Lipinski definition) is 3. The molecular weight excluding hydrogens is 226 g/mol. The molecule has 1 fully saturated rings. The number of benzene rings is 1. The molecule has 0 amide bonds. The summed E-state index contributed by atoms with van der Waals surface area (Å²) in [6.45, 7) is 2.96. The van der Waals surface area contributed by atoms with Crippen LogP contribution in [-0.2, 0) is 4.74 Å². The first-order chi connectivity index (χ1) is 8.90. The second kappa shape index (κ2) is 7.39. The molecule has 1 heterocycles. The molecule has 0 spiro atoms. The quantitative estimate of drug-likeness (QED) is 0.840. The topological polar surface area (TPSA) is 32.7 Å². The predicted octanol–water partition coefficient (Wildman–Crippen LogP) is 2.44. The van der Waals surface area contributed by atoms with Crippen molar-refractivity contribution in [3.8, 4) is 0 Å². The molecule has 0 saturated carbocycles. The largest absolute Gasteiger partial charge is 0.396 e.